The summed E-state index contributed by atoms with van der Waals surface area (Å²) in [7, 11) is 0. The molecule has 0 unspecified atom stereocenters. The van der Waals surface area contributed by atoms with Crippen molar-refractivity contribution in [3.8, 4) is 0 Å². The fraction of sp³-hybridized carbons (Fsp3) is 0.0870. The van der Waals surface area contributed by atoms with E-state index in [0.29, 0.717) is 23.5 Å². The van der Waals surface area contributed by atoms with Gasteiger partial charge in [-0.25, -0.2) is 0 Å². The molecule has 0 saturated carbocycles. The number of rotatable bonds is 5. The van der Waals surface area contributed by atoms with E-state index >= 15 is 0 Å². The Kier molecular flexibility index (Phi) is 5.07. The van der Waals surface area contributed by atoms with Crippen LogP contribution in [0.2, 0.25) is 0 Å². The fourth-order valence-electron chi connectivity index (χ4n) is 3.40. The Bertz CT molecular complexity index is 1080. The molecule has 0 spiro atoms. The summed E-state index contributed by atoms with van der Waals surface area (Å²) in [5.41, 5.74) is 3.52. The van der Waals surface area contributed by atoms with Crippen LogP contribution in [-0.4, -0.2) is 22.7 Å². The van der Waals surface area contributed by atoms with E-state index in [-0.39, 0.29) is 23.9 Å². The normalized spacial score (nSPS) is 14.1. The van der Waals surface area contributed by atoms with Crippen LogP contribution in [0.25, 0.3) is 0 Å². The maximum Gasteiger partial charge on any atom is 0.281 e. The van der Waals surface area contributed by atoms with Gasteiger partial charge in [0, 0.05) is 11.3 Å². The van der Waals surface area contributed by atoms with Gasteiger partial charge in [-0.1, -0.05) is 65.8 Å². The molecule has 144 valence electrons. The van der Waals surface area contributed by atoms with Crippen LogP contribution in [-0.2, 0) is 22.6 Å². The number of nitrogens with zero attached hydrogens (tertiary/aromatic N) is 2. The van der Waals surface area contributed by atoms with Gasteiger partial charge >= 0.3 is 0 Å². The van der Waals surface area contributed by atoms with Gasteiger partial charge in [-0.2, -0.15) is 0 Å². The summed E-state index contributed by atoms with van der Waals surface area (Å²) in [5.74, 6) is -0.539. The van der Waals surface area contributed by atoms with Crippen LogP contribution in [0.3, 0.4) is 0 Å². The third kappa shape index (κ3) is 3.87. The molecule has 2 amide bonds. The van der Waals surface area contributed by atoms with Gasteiger partial charge in [0.25, 0.3) is 5.91 Å². The van der Waals surface area contributed by atoms with Gasteiger partial charge in [-0.15, -0.1) is 0 Å². The molecule has 0 bridgehead atoms. The third-order valence-corrected chi connectivity index (χ3v) is 4.76. The minimum atomic E-state index is -0.376. The number of benzene rings is 3. The molecule has 1 aliphatic rings. The van der Waals surface area contributed by atoms with Crippen LogP contribution in [0.1, 0.15) is 16.7 Å². The number of carbonyl (C=O) groups is 2. The fourth-order valence-corrected chi connectivity index (χ4v) is 3.40. The first-order valence-electron chi connectivity index (χ1n) is 9.22. The Balaban J connectivity index is 1.56. The van der Waals surface area contributed by atoms with Crippen molar-refractivity contribution < 1.29 is 14.8 Å². The average molecular weight is 385 g/mol. The molecule has 0 fully saturated rings. The molecule has 0 saturated heterocycles. The summed E-state index contributed by atoms with van der Waals surface area (Å²) in [6, 6.07) is 24.2. The molecule has 4 rings (SSSR count). The SMILES string of the molecule is O=C(Cc1ccccc1)Nc1ccc2c(c1)/C(=N/O)C(=O)N2Cc1ccccc1. The molecule has 0 aliphatic carbocycles. The molecule has 0 atom stereocenters. The predicted octanol–water partition coefficient (Wildman–Crippen LogP) is 3.59. The molecule has 6 nitrogen and oxygen atoms in total. The maximum atomic E-state index is 12.7. The molecule has 3 aromatic rings. The second-order valence-electron chi connectivity index (χ2n) is 6.77. The van der Waals surface area contributed by atoms with Crippen molar-refractivity contribution in [2.24, 2.45) is 5.16 Å². The summed E-state index contributed by atoms with van der Waals surface area (Å²) in [6.45, 7) is 0.366. The summed E-state index contributed by atoms with van der Waals surface area (Å²) >= 11 is 0. The van der Waals surface area contributed by atoms with Crippen molar-refractivity contribution >= 4 is 28.9 Å². The highest BCUT2D eigenvalue weighted by Crippen LogP contribution is 2.33. The van der Waals surface area contributed by atoms with Gasteiger partial charge in [0.1, 0.15) is 0 Å². The largest absolute Gasteiger partial charge is 0.410 e. The zero-order valence-electron chi connectivity index (χ0n) is 15.6. The summed E-state index contributed by atoms with van der Waals surface area (Å²) in [6.07, 6.45) is 0.248. The highest BCUT2D eigenvalue weighted by atomic mass is 16.4. The highest BCUT2D eigenvalue weighted by molar-refractivity contribution is 6.54. The maximum absolute atomic E-state index is 12.7. The predicted molar refractivity (Wildman–Crippen MR) is 111 cm³/mol. The Morgan fingerprint density at radius 2 is 1.59 bits per heavy atom. The van der Waals surface area contributed by atoms with Crippen molar-refractivity contribution in [3.05, 3.63) is 95.6 Å². The van der Waals surface area contributed by atoms with Crippen LogP contribution in [0.15, 0.2) is 84.0 Å². The number of hydrogen-bond donors (Lipinski definition) is 2. The molecule has 1 aliphatic heterocycles. The lowest BCUT2D eigenvalue weighted by molar-refractivity contribution is -0.115. The minimum Gasteiger partial charge on any atom is -0.410 e. The Morgan fingerprint density at radius 3 is 2.24 bits per heavy atom. The first kappa shape index (κ1) is 18.4. The van der Waals surface area contributed by atoms with Crippen molar-refractivity contribution in [3.63, 3.8) is 0 Å². The zero-order chi connectivity index (χ0) is 20.2. The lowest BCUT2D eigenvalue weighted by Crippen LogP contribution is -2.29. The van der Waals surface area contributed by atoms with E-state index in [2.05, 4.69) is 10.5 Å². The number of nitrogens with one attached hydrogen (secondary N) is 1. The first-order valence-corrected chi connectivity index (χ1v) is 9.22. The second-order valence-corrected chi connectivity index (χ2v) is 6.77. The number of anilines is 2. The van der Waals surface area contributed by atoms with E-state index in [0.717, 1.165) is 11.1 Å². The second kappa shape index (κ2) is 7.98. The van der Waals surface area contributed by atoms with Crippen LogP contribution < -0.4 is 10.2 Å². The number of carbonyl (C=O) groups excluding carboxylic acids is 2. The van der Waals surface area contributed by atoms with Crippen LogP contribution in [0, 0.1) is 0 Å². The standard InChI is InChI=1S/C23H19N3O3/c27-21(13-16-7-3-1-4-8-16)24-18-11-12-20-19(14-18)22(25-29)23(28)26(20)15-17-9-5-2-6-10-17/h1-12,14,29H,13,15H2,(H,24,27)/b25-22-. The summed E-state index contributed by atoms with van der Waals surface area (Å²) < 4.78 is 0. The van der Waals surface area contributed by atoms with Crippen LogP contribution in [0.4, 0.5) is 11.4 Å². The average Bonchev–Trinajstić information content (AvgIpc) is 2.99. The number of amides is 2. The van der Waals surface area contributed by atoms with Gasteiger partial charge < -0.3 is 15.4 Å². The lowest BCUT2D eigenvalue weighted by Gasteiger charge is -2.17. The minimum absolute atomic E-state index is 0.0323. The summed E-state index contributed by atoms with van der Waals surface area (Å²) in [5, 5.41) is 15.4. The molecule has 0 aromatic heterocycles. The van der Waals surface area contributed by atoms with Crippen molar-refractivity contribution in [2.45, 2.75) is 13.0 Å². The summed E-state index contributed by atoms with van der Waals surface area (Å²) in [4.78, 5) is 26.6. The number of hydrogen-bond acceptors (Lipinski definition) is 4. The van der Waals surface area contributed by atoms with Crippen molar-refractivity contribution in [1.29, 1.82) is 0 Å². The van der Waals surface area contributed by atoms with Gasteiger partial charge in [0.2, 0.25) is 5.91 Å². The molecule has 6 heteroatoms. The molecular weight excluding hydrogens is 366 g/mol. The molecule has 2 N–H and O–H groups in total. The van der Waals surface area contributed by atoms with Crippen molar-refractivity contribution in [2.75, 3.05) is 10.2 Å². The molecule has 29 heavy (non-hydrogen) atoms. The van der Waals surface area contributed by atoms with Gasteiger partial charge in [0.05, 0.1) is 18.7 Å². The molecule has 0 radical (unpaired) electrons. The molecule has 1 heterocycles. The zero-order valence-corrected chi connectivity index (χ0v) is 15.6. The smallest absolute Gasteiger partial charge is 0.281 e. The first-order chi connectivity index (χ1) is 14.2. The van der Waals surface area contributed by atoms with Gasteiger partial charge in [-0.05, 0) is 29.3 Å². The van der Waals surface area contributed by atoms with Gasteiger partial charge in [0.15, 0.2) is 5.71 Å². The lowest BCUT2D eigenvalue weighted by atomic mass is 10.1. The van der Waals surface area contributed by atoms with Crippen LogP contribution >= 0.6 is 0 Å². The highest BCUT2D eigenvalue weighted by Gasteiger charge is 2.34. The Labute approximate surface area is 168 Å². The van der Waals surface area contributed by atoms with E-state index in [9.17, 15) is 14.8 Å². The van der Waals surface area contributed by atoms with E-state index in [1.807, 2.05) is 60.7 Å². The topological polar surface area (TPSA) is 82.0 Å². The number of oxime groups is 1. The van der Waals surface area contributed by atoms with Gasteiger partial charge in [-0.3, -0.25) is 9.59 Å². The monoisotopic (exact) mass is 385 g/mol. The number of fused-ring (bicyclic) bond motifs is 1. The third-order valence-electron chi connectivity index (χ3n) is 4.76. The van der Waals surface area contributed by atoms with Crippen LogP contribution in [0.5, 0.6) is 0 Å². The molecular formula is C23H19N3O3. The molecule has 3 aromatic carbocycles. The van der Waals surface area contributed by atoms with E-state index in [4.69, 9.17) is 0 Å². The van der Waals surface area contributed by atoms with E-state index < -0.39 is 0 Å². The Morgan fingerprint density at radius 1 is 0.931 bits per heavy atom. The Hall–Kier alpha value is -3.93. The van der Waals surface area contributed by atoms with E-state index in [1.54, 1.807) is 23.1 Å². The quantitative estimate of drug-likeness (QED) is 0.520. The van der Waals surface area contributed by atoms with Crippen molar-refractivity contribution in [1.82, 2.24) is 0 Å². The van der Waals surface area contributed by atoms with E-state index in [1.165, 1.54) is 0 Å².